The minimum Gasteiger partial charge on any atom is -0.207 e. The lowest BCUT2D eigenvalue weighted by Crippen LogP contribution is -2.34. The molecule has 2 saturated carbocycles. The van der Waals surface area contributed by atoms with Gasteiger partial charge in [-0.2, -0.15) is 0 Å². The number of hydrogen-bond acceptors (Lipinski definition) is 0. The molecule has 0 aromatic heterocycles. The molecule has 0 aliphatic heterocycles. The standard InChI is InChI=1S/C19H18BrF/c20-16-10-11-17(18(21)12-16)19(13-4-2-1-3-5-13)14-6-7-15(19)9-8-14/h1-5,10-12,14-15H,6-9H2. The Morgan fingerprint density at radius 2 is 1.52 bits per heavy atom. The molecule has 21 heavy (non-hydrogen) atoms. The molecule has 2 aliphatic rings. The molecule has 2 bridgehead atoms. The maximum Gasteiger partial charge on any atom is 0.128 e. The lowest BCUT2D eigenvalue weighted by Gasteiger charge is -2.36. The first-order valence-corrected chi connectivity index (χ1v) is 8.53. The van der Waals surface area contributed by atoms with Crippen LogP contribution >= 0.6 is 15.9 Å². The van der Waals surface area contributed by atoms with Crippen molar-refractivity contribution in [3.63, 3.8) is 0 Å². The average molecular weight is 345 g/mol. The number of hydrogen-bond donors (Lipinski definition) is 0. The third-order valence-electron chi connectivity index (χ3n) is 5.64. The predicted octanol–water partition coefficient (Wildman–Crippen LogP) is 5.69. The van der Waals surface area contributed by atoms with Crippen LogP contribution in [0.25, 0.3) is 0 Å². The Balaban J connectivity index is 1.97. The molecule has 0 atom stereocenters. The summed E-state index contributed by atoms with van der Waals surface area (Å²) in [5, 5.41) is 0. The highest BCUT2D eigenvalue weighted by atomic mass is 79.9. The van der Waals surface area contributed by atoms with Gasteiger partial charge in [-0.15, -0.1) is 0 Å². The fourth-order valence-electron chi connectivity index (χ4n) is 4.94. The minimum absolute atomic E-state index is 0.0629. The topological polar surface area (TPSA) is 0 Å². The van der Waals surface area contributed by atoms with Gasteiger partial charge in [0.25, 0.3) is 0 Å². The van der Waals surface area contributed by atoms with Crippen molar-refractivity contribution < 1.29 is 4.39 Å². The molecule has 0 saturated heterocycles. The molecule has 0 N–H and O–H groups in total. The van der Waals surface area contributed by atoms with E-state index in [1.807, 2.05) is 18.2 Å². The van der Waals surface area contributed by atoms with Crippen LogP contribution in [0.4, 0.5) is 4.39 Å². The SMILES string of the molecule is Fc1cc(Br)ccc1C1(c2ccccc2)C2CCC1CC2. The maximum atomic E-state index is 14.8. The molecule has 0 nitrogen and oxygen atoms in total. The van der Waals surface area contributed by atoms with Crippen LogP contribution in [0.1, 0.15) is 36.8 Å². The highest BCUT2D eigenvalue weighted by molar-refractivity contribution is 9.10. The number of halogens is 2. The molecule has 0 unspecified atom stereocenters. The van der Waals surface area contributed by atoms with E-state index in [4.69, 9.17) is 0 Å². The number of fused-ring (bicyclic) bond motifs is 2. The van der Waals surface area contributed by atoms with Crippen molar-refractivity contribution in [3.8, 4) is 0 Å². The summed E-state index contributed by atoms with van der Waals surface area (Å²) in [7, 11) is 0. The van der Waals surface area contributed by atoms with Gasteiger partial charge in [-0.1, -0.05) is 52.3 Å². The van der Waals surface area contributed by atoms with Crippen LogP contribution in [-0.4, -0.2) is 0 Å². The summed E-state index contributed by atoms with van der Waals surface area (Å²) in [5.41, 5.74) is 2.10. The van der Waals surface area contributed by atoms with Crippen molar-refractivity contribution in [2.24, 2.45) is 11.8 Å². The molecular formula is C19H18BrF. The normalized spacial score (nSPS) is 30.8. The van der Waals surface area contributed by atoms with Gasteiger partial charge in [-0.3, -0.25) is 0 Å². The summed E-state index contributed by atoms with van der Waals surface area (Å²) in [6.45, 7) is 0. The molecule has 108 valence electrons. The van der Waals surface area contributed by atoms with Gasteiger partial charge in [-0.25, -0.2) is 4.39 Å². The summed E-state index contributed by atoms with van der Waals surface area (Å²) in [4.78, 5) is 0. The Morgan fingerprint density at radius 3 is 2.10 bits per heavy atom. The third kappa shape index (κ3) is 1.85. The molecule has 0 amide bonds. The molecular weight excluding hydrogens is 327 g/mol. The first-order chi connectivity index (χ1) is 10.2. The first-order valence-electron chi connectivity index (χ1n) is 7.74. The predicted molar refractivity (Wildman–Crippen MR) is 86.8 cm³/mol. The molecule has 2 heteroatoms. The maximum absolute atomic E-state index is 14.8. The van der Waals surface area contributed by atoms with Crippen LogP contribution in [0.2, 0.25) is 0 Å². The third-order valence-corrected chi connectivity index (χ3v) is 6.14. The van der Waals surface area contributed by atoms with E-state index in [0.29, 0.717) is 11.8 Å². The van der Waals surface area contributed by atoms with E-state index in [1.54, 1.807) is 6.07 Å². The van der Waals surface area contributed by atoms with Gasteiger partial charge >= 0.3 is 0 Å². The fraction of sp³-hybridized carbons (Fsp3) is 0.368. The summed E-state index contributed by atoms with van der Waals surface area (Å²) < 4.78 is 15.6. The van der Waals surface area contributed by atoms with Crippen molar-refractivity contribution in [2.45, 2.75) is 31.1 Å². The van der Waals surface area contributed by atoms with E-state index >= 15 is 0 Å². The second-order valence-corrected chi connectivity index (χ2v) is 7.32. The van der Waals surface area contributed by atoms with E-state index in [9.17, 15) is 4.39 Å². The second kappa shape index (κ2) is 4.95. The van der Waals surface area contributed by atoms with E-state index in [0.717, 1.165) is 10.0 Å². The lowest BCUT2D eigenvalue weighted by molar-refractivity contribution is 0.372. The largest absolute Gasteiger partial charge is 0.207 e. The molecule has 4 rings (SSSR count). The zero-order valence-corrected chi connectivity index (χ0v) is 13.4. The van der Waals surface area contributed by atoms with Crippen molar-refractivity contribution in [3.05, 3.63) is 69.9 Å². The van der Waals surface area contributed by atoms with Crippen molar-refractivity contribution >= 4 is 15.9 Å². The summed E-state index contributed by atoms with van der Waals surface area (Å²) in [6, 6.07) is 16.2. The molecule has 0 spiro atoms. The molecule has 2 aliphatic carbocycles. The minimum atomic E-state index is -0.105. The molecule has 0 heterocycles. The zero-order valence-electron chi connectivity index (χ0n) is 11.9. The van der Waals surface area contributed by atoms with Gasteiger partial charge in [0.05, 0.1) is 0 Å². The zero-order chi connectivity index (χ0) is 14.4. The summed E-state index contributed by atoms with van der Waals surface area (Å²) in [6.07, 6.45) is 4.92. The summed E-state index contributed by atoms with van der Waals surface area (Å²) in [5.74, 6) is 1.10. The van der Waals surface area contributed by atoms with Gasteiger partial charge in [0, 0.05) is 9.89 Å². The summed E-state index contributed by atoms with van der Waals surface area (Å²) >= 11 is 3.38. The van der Waals surface area contributed by atoms with Gasteiger partial charge < -0.3 is 0 Å². The molecule has 2 aromatic rings. The van der Waals surface area contributed by atoms with Crippen LogP contribution in [0.5, 0.6) is 0 Å². The highest BCUT2D eigenvalue weighted by Crippen LogP contribution is 2.62. The smallest absolute Gasteiger partial charge is 0.128 e. The number of rotatable bonds is 2. The Morgan fingerprint density at radius 1 is 0.905 bits per heavy atom. The quantitative estimate of drug-likeness (QED) is 0.655. The van der Waals surface area contributed by atoms with Crippen LogP contribution in [0.3, 0.4) is 0 Å². The van der Waals surface area contributed by atoms with Crippen LogP contribution in [0, 0.1) is 17.7 Å². The number of benzene rings is 2. The van der Waals surface area contributed by atoms with Crippen molar-refractivity contribution in [1.82, 2.24) is 0 Å². The lowest BCUT2D eigenvalue weighted by atomic mass is 9.67. The Hall–Kier alpha value is -1.15. The Kier molecular flexibility index (Phi) is 3.18. The highest BCUT2D eigenvalue weighted by Gasteiger charge is 2.56. The van der Waals surface area contributed by atoms with Crippen LogP contribution in [-0.2, 0) is 5.41 Å². The van der Waals surface area contributed by atoms with Crippen LogP contribution in [0.15, 0.2) is 53.0 Å². The fourth-order valence-corrected chi connectivity index (χ4v) is 5.28. The first kappa shape index (κ1) is 13.5. The molecule has 0 radical (unpaired) electrons. The van der Waals surface area contributed by atoms with E-state index in [1.165, 1.54) is 31.2 Å². The van der Waals surface area contributed by atoms with Gasteiger partial charge in [-0.05, 0) is 60.8 Å². The van der Waals surface area contributed by atoms with Gasteiger partial charge in [0.2, 0.25) is 0 Å². The Labute approximate surface area is 133 Å². The molecule has 2 aromatic carbocycles. The average Bonchev–Trinajstić information content (AvgIpc) is 3.04. The van der Waals surface area contributed by atoms with E-state index in [-0.39, 0.29) is 11.2 Å². The Bertz CT molecular complexity index is 645. The van der Waals surface area contributed by atoms with E-state index in [2.05, 4.69) is 40.2 Å². The monoisotopic (exact) mass is 344 g/mol. The van der Waals surface area contributed by atoms with E-state index < -0.39 is 0 Å². The second-order valence-electron chi connectivity index (χ2n) is 6.41. The van der Waals surface area contributed by atoms with Gasteiger partial charge in [0.1, 0.15) is 5.82 Å². The van der Waals surface area contributed by atoms with Gasteiger partial charge in [0.15, 0.2) is 0 Å². The van der Waals surface area contributed by atoms with Crippen molar-refractivity contribution in [1.29, 1.82) is 0 Å². The van der Waals surface area contributed by atoms with Crippen molar-refractivity contribution in [2.75, 3.05) is 0 Å². The molecule has 2 fully saturated rings. The van der Waals surface area contributed by atoms with Crippen LogP contribution < -0.4 is 0 Å².